The van der Waals surface area contributed by atoms with Crippen LogP contribution in [0, 0.1) is 0 Å². The highest BCUT2D eigenvalue weighted by Crippen LogP contribution is 2.20. The number of hydrogen-bond acceptors (Lipinski definition) is 3. The van der Waals surface area contributed by atoms with Crippen molar-refractivity contribution in [1.29, 1.82) is 0 Å². The zero-order valence-electron chi connectivity index (χ0n) is 13.1. The monoisotopic (exact) mass is 304 g/mol. The molecule has 0 bridgehead atoms. The molecule has 0 unspecified atom stereocenters. The number of allylic oxidation sites excluding steroid dienone is 1. The van der Waals surface area contributed by atoms with Gasteiger partial charge in [-0.2, -0.15) is 0 Å². The quantitative estimate of drug-likeness (QED) is 0.788. The van der Waals surface area contributed by atoms with Crippen LogP contribution in [0.5, 0.6) is 0 Å². The first kappa shape index (κ1) is 16.3. The van der Waals surface area contributed by atoms with Gasteiger partial charge in [-0.05, 0) is 44.2 Å². The second-order valence-corrected chi connectivity index (χ2v) is 5.60. The van der Waals surface area contributed by atoms with Gasteiger partial charge in [0, 0.05) is 26.6 Å². The Morgan fingerprint density at radius 2 is 2.18 bits per heavy atom. The fourth-order valence-corrected chi connectivity index (χ4v) is 2.64. The number of hydrogen-bond donors (Lipinski definition) is 1. The molecule has 1 aromatic rings. The zero-order chi connectivity index (χ0) is 15.8. The fourth-order valence-electron chi connectivity index (χ4n) is 2.64. The molecule has 1 heterocycles. The molecule has 0 spiro atoms. The van der Waals surface area contributed by atoms with E-state index in [9.17, 15) is 9.59 Å². The van der Waals surface area contributed by atoms with Crippen LogP contribution in [0.25, 0.3) is 0 Å². The van der Waals surface area contributed by atoms with Crippen molar-refractivity contribution >= 4 is 11.8 Å². The van der Waals surface area contributed by atoms with Crippen LogP contribution in [0.2, 0.25) is 0 Å². The number of amides is 2. The third kappa shape index (κ3) is 5.06. The molecule has 1 aromatic heterocycles. The van der Waals surface area contributed by atoms with Gasteiger partial charge in [-0.15, -0.1) is 0 Å². The fraction of sp³-hybridized carbons (Fsp3) is 0.529. The molecule has 0 aliphatic heterocycles. The van der Waals surface area contributed by atoms with Crippen molar-refractivity contribution < 1.29 is 14.0 Å². The minimum absolute atomic E-state index is 0.0451. The number of nitrogens with zero attached hydrogens (tertiary/aromatic N) is 1. The Labute approximate surface area is 131 Å². The summed E-state index contributed by atoms with van der Waals surface area (Å²) in [6, 6.07) is 3.29. The lowest BCUT2D eigenvalue weighted by Crippen LogP contribution is -2.38. The van der Waals surface area contributed by atoms with E-state index in [1.54, 1.807) is 24.0 Å². The predicted molar refractivity (Wildman–Crippen MR) is 84.5 cm³/mol. The minimum atomic E-state index is -0.247. The Hall–Kier alpha value is -2.04. The van der Waals surface area contributed by atoms with Gasteiger partial charge in [0.05, 0.1) is 6.26 Å². The van der Waals surface area contributed by atoms with Crippen LogP contribution in [0.15, 0.2) is 34.5 Å². The molecule has 2 rings (SSSR count). The van der Waals surface area contributed by atoms with E-state index in [0.29, 0.717) is 18.8 Å². The third-order valence-corrected chi connectivity index (χ3v) is 3.95. The maximum atomic E-state index is 11.7. The van der Waals surface area contributed by atoms with E-state index in [0.717, 1.165) is 25.8 Å². The standard InChI is InChI=1S/C17H24N2O3/c1-14(20)19(11-9-15-6-3-2-4-7-15)12-10-18-17(21)16-8-5-13-22-16/h5-6,8,13H,2-4,7,9-12H2,1H3,(H,18,21). The van der Waals surface area contributed by atoms with Crippen molar-refractivity contribution in [3.8, 4) is 0 Å². The molecule has 2 amide bonds. The van der Waals surface area contributed by atoms with E-state index >= 15 is 0 Å². The van der Waals surface area contributed by atoms with Crippen LogP contribution < -0.4 is 5.32 Å². The summed E-state index contributed by atoms with van der Waals surface area (Å²) in [5.41, 5.74) is 1.46. The highest BCUT2D eigenvalue weighted by atomic mass is 16.3. The van der Waals surface area contributed by atoms with Crippen LogP contribution in [0.3, 0.4) is 0 Å². The molecule has 0 saturated heterocycles. The highest BCUT2D eigenvalue weighted by molar-refractivity contribution is 5.91. The zero-order valence-corrected chi connectivity index (χ0v) is 13.1. The number of carbonyl (C=O) groups excluding carboxylic acids is 2. The van der Waals surface area contributed by atoms with E-state index < -0.39 is 0 Å². The molecular formula is C17H24N2O3. The first-order valence-electron chi connectivity index (χ1n) is 7.92. The lowest BCUT2D eigenvalue weighted by Gasteiger charge is -2.22. The van der Waals surface area contributed by atoms with Gasteiger partial charge in [0.2, 0.25) is 5.91 Å². The molecule has 0 aromatic carbocycles. The number of furan rings is 1. The van der Waals surface area contributed by atoms with Crippen molar-refractivity contribution in [3.05, 3.63) is 35.8 Å². The van der Waals surface area contributed by atoms with Gasteiger partial charge in [0.15, 0.2) is 5.76 Å². The third-order valence-electron chi connectivity index (χ3n) is 3.95. The first-order valence-corrected chi connectivity index (χ1v) is 7.92. The summed E-state index contributed by atoms with van der Waals surface area (Å²) in [7, 11) is 0. The Morgan fingerprint density at radius 1 is 1.32 bits per heavy atom. The van der Waals surface area contributed by atoms with Gasteiger partial charge in [-0.25, -0.2) is 0 Å². The van der Waals surface area contributed by atoms with Crippen LogP contribution in [0.1, 0.15) is 49.6 Å². The average Bonchev–Trinajstić information content (AvgIpc) is 3.05. The maximum Gasteiger partial charge on any atom is 0.287 e. The smallest absolute Gasteiger partial charge is 0.287 e. The number of rotatable bonds is 7. The summed E-state index contributed by atoms with van der Waals surface area (Å²) in [5.74, 6) is 0.0916. The van der Waals surface area contributed by atoms with E-state index in [2.05, 4.69) is 11.4 Å². The predicted octanol–water partition coefficient (Wildman–Crippen LogP) is 2.75. The van der Waals surface area contributed by atoms with Gasteiger partial charge in [0.25, 0.3) is 5.91 Å². The summed E-state index contributed by atoms with van der Waals surface area (Å²) in [5, 5.41) is 2.77. The molecular weight excluding hydrogens is 280 g/mol. The van der Waals surface area contributed by atoms with E-state index in [1.165, 1.54) is 24.7 Å². The largest absolute Gasteiger partial charge is 0.459 e. The Balaban J connectivity index is 1.73. The second-order valence-electron chi connectivity index (χ2n) is 5.60. The second kappa shape index (κ2) is 8.41. The lowest BCUT2D eigenvalue weighted by atomic mass is 9.97. The SMILES string of the molecule is CC(=O)N(CCNC(=O)c1ccco1)CCC1=CCCCC1. The van der Waals surface area contributed by atoms with E-state index in [4.69, 9.17) is 4.42 Å². The molecule has 0 saturated carbocycles. The Morgan fingerprint density at radius 3 is 2.82 bits per heavy atom. The molecule has 1 aliphatic rings. The van der Waals surface area contributed by atoms with Crippen molar-refractivity contribution in [2.75, 3.05) is 19.6 Å². The summed E-state index contributed by atoms with van der Waals surface area (Å²) < 4.78 is 5.03. The summed E-state index contributed by atoms with van der Waals surface area (Å²) in [4.78, 5) is 25.2. The molecule has 5 heteroatoms. The van der Waals surface area contributed by atoms with Crippen LogP contribution in [-0.4, -0.2) is 36.3 Å². The maximum absolute atomic E-state index is 11.7. The van der Waals surface area contributed by atoms with Crippen LogP contribution in [0.4, 0.5) is 0 Å². The topological polar surface area (TPSA) is 62.6 Å². The number of carbonyl (C=O) groups is 2. The molecule has 0 fully saturated rings. The van der Waals surface area contributed by atoms with Gasteiger partial charge in [0.1, 0.15) is 0 Å². The molecule has 0 atom stereocenters. The molecule has 1 aliphatic carbocycles. The summed E-state index contributed by atoms with van der Waals surface area (Å²) in [6.45, 7) is 3.24. The normalized spacial score (nSPS) is 14.3. The average molecular weight is 304 g/mol. The Bertz CT molecular complexity index is 520. The van der Waals surface area contributed by atoms with Gasteiger partial charge in [-0.3, -0.25) is 9.59 Å². The lowest BCUT2D eigenvalue weighted by molar-refractivity contribution is -0.128. The van der Waals surface area contributed by atoms with Crippen molar-refractivity contribution in [2.45, 2.75) is 39.0 Å². The molecule has 5 nitrogen and oxygen atoms in total. The van der Waals surface area contributed by atoms with Crippen molar-refractivity contribution in [1.82, 2.24) is 10.2 Å². The van der Waals surface area contributed by atoms with Crippen LogP contribution in [-0.2, 0) is 4.79 Å². The molecule has 0 radical (unpaired) electrons. The van der Waals surface area contributed by atoms with E-state index in [1.807, 2.05) is 0 Å². The minimum Gasteiger partial charge on any atom is -0.459 e. The summed E-state index contributed by atoms with van der Waals surface area (Å²) in [6.07, 6.45) is 9.56. The molecule has 22 heavy (non-hydrogen) atoms. The molecule has 120 valence electrons. The van der Waals surface area contributed by atoms with Gasteiger partial charge < -0.3 is 14.6 Å². The molecule has 1 N–H and O–H groups in total. The van der Waals surface area contributed by atoms with Crippen LogP contribution >= 0.6 is 0 Å². The van der Waals surface area contributed by atoms with Crippen molar-refractivity contribution in [2.24, 2.45) is 0 Å². The van der Waals surface area contributed by atoms with Crippen molar-refractivity contribution in [3.63, 3.8) is 0 Å². The van der Waals surface area contributed by atoms with Gasteiger partial charge in [-0.1, -0.05) is 11.6 Å². The number of nitrogens with one attached hydrogen (secondary N) is 1. The highest BCUT2D eigenvalue weighted by Gasteiger charge is 2.12. The van der Waals surface area contributed by atoms with Gasteiger partial charge >= 0.3 is 0 Å². The summed E-state index contributed by atoms with van der Waals surface area (Å²) >= 11 is 0. The first-order chi connectivity index (χ1) is 10.7. The van der Waals surface area contributed by atoms with E-state index in [-0.39, 0.29) is 11.8 Å². The Kier molecular flexibility index (Phi) is 6.25.